The Balaban J connectivity index is 0.000000810. The molecule has 0 atom stereocenters. The van der Waals surface area contributed by atoms with E-state index in [-0.39, 0.29) is 21.1 Å². The maximum atomic E-state index is 5.29. The van der Waals surface area contributed by atoms with Crippen molar-refractivity contribution in [1.82, 2.24) is 0 Å². The van der Waals surface area contributed by atoms with Crippen LogP contribution in [-0.4, -0.2) is 6.54 Å². The zero-order chi connectivity index (χ0) is 6.69. The fourth-order valence-corrected chi connectivity index (χ4v) is 0.532. The van der Waals surface area contributed by atoms with E-state index in [0.29, 0.717) is 6.54 Å². The maximum absolute atomic E-state index is 5.29. The topological polar surface area (TPSA) is 39.2 Å². The molecule has 0 amide bonds. The summed E-state index contributed by atoms with van der Waals surface area (Å²) >= 11 is 0. The van der Waals surface area contributed by atoms with Gasteiger partial charge in [0, 0.05) is 27.6 Å². The molecule has 1 aromatic rings. The number of hydrogen-bond acceptors (Lipinski definition) is 2. The molecular weight excluding hydrogens is 298 g/mol. The molecule has 0 saturated carbocycles. The van der Waals surface area contributed by atoms with Crippen LogP contribution in [0, 0.1) is 6.26 Å². The Hall–Kier alpha value is -0.332. The van der Waals surface area contributed by atoms with Gasteiger partial charge in [0.2, 0.25) is 0 Å². The van der Waals surface area contributed by atoms with Gasteiger partial charge in [0.15, 0.2) is 0 Å². The second-order valence-corrected chi connectivity index (χ2v) is 1.73. The second kappa shape index (κ2) is 4.48. The van der Waals surface area contributed by atoms with Crippen LogP contribution in [0.2, 0.25) is 0 Å². The summed E-state index contributed by atoms with van der Waals surface area (Å²) in [6.45, 7) is 4.11. The van der Waals surface area contributed by atoms with E-state index < -0.39 is 0 Å². The third-order valence-corrected chi connectivity index (χ3v) is 1.07. The summed E-state index contributed by atoms with van der Waals surface area (Å²) in [6, 6.07) is 3.48. The fraction of sp³-hybridized carbons (Fsp3) is 0.143. The van der Waals surface area contributed by atoms with Crippen LogP contribution in [0.3, 0.4) is 0 Å². The molecule has 1 heterocycles. The summed E-state index contributed by atoms with van der Waals surface area (Å²) in [5.74, 6) is 0.720. The van der Waals surface area contributed by atoms with Gasteiger partial charge in [0.25, 0.3) is 0 Å². The number of rotatable bonds is 2. The predicted octanol–water partition coefficient (Wildman–Crippen LogP) is 1.05. The molecular formula is C7H8NOW-. The van der Waals surface area contributed by atoms with Gasteiger partial charge in [0.1, 0.15) is 0 Å². The first-order valence-corrected chi connectivity index (χ1v) is 2.68. The van der Waals surface area contributed by atoms with Crippen molar-refractivity contribution in [2.24, 2.45) is 5.73 Å². The Labute approximate surface area is 74.4 Å². The molecule has 0 unspecified atom stereocenters. The van der Waals surface area contributed by atoms with E-state index in [1.165, 1.54) is 0 Å². The molecule has 0 aliphatic carbocycles. The average molecular weight is 306 g/mol. The monoisotopic (exact) mass is 306 g/mol. The molecule has 2 nitrogen and oxygen atoms in total. The van der Waals surface area contributed by atoms with Crippen molar-refractivity contribution in [3.63, 3.8) is 0 Å². The summed E-state index contributed by atoms with van der Waals surface area (Å²) in [4.78, 5) is 0. The molecule has 1 aromatic heterocycles. The van der Waals surface area contributed by atoms with Crippen LogP contribution in [0.5, 0.6) is 0 Å². The smallest absolute Gasteiger partial charge is 0.00823 e. The van der Waals surface area contributed by atoms with Crippen molar-refractivity contribution >= 4 is 5.57 Å². The molecule has 0 aliphatic rings. The fourth-order valence-electron chi connectivity index (χ4n) is 0.532. The van der Waals surface area contributed by atoms with E-state index in [2.05, 4.69) is 12.8 Å². The van der Waals surface area contributed by atoms with Crippen molar-refractivity contribution in [3.05, 3.63) is 30.7 Å². The minimum Gasteiger partial charge on any atom is -0.591 e. The molecule has 0 fully saturated rings. The van der Waals surface area contributed by atoms with Crippen molar-refractivity contribution in [2.75, 3.05) is 6.54 Å². The Morgan fingerprint density at radius 1 is 1.80 bits per heavy atom. The minimum absolute atomic E-state index is 0. The zero-order valence-electron chi connectivity index (χ0n) is 5.46. The predicted molar refractivity (Wildman–Crippen MR) is 35.6 cm³/mol. The van der Waals surface area contributed by atoms with Crippen LogP contribution in [0.25, 0.3) is 5.57 Å². The van der Waals surface area contributed by atoms with Gasteiger partial charge in [-0.2, -0.15) is 6.07 Å². The van der Waals surface area contributed by atoms with Crippen molar-refractivity contribution in [2.45, 2.75) is 0 Å². The maximum Gasteiger partial charge on any atom is 0.00823 e. The first-order valence-electron chi connectivity index (χ1n) is 2.68. The number of furan rings is 1. The third-order valence-electron chi connectivity index (χ3n) is 1.07. The van der Waals surface area contributed by atoms with Gasteiger partial charge in [-0.1, -0.05) is 5.57 Å². The summed E-state index contributed by atoms with van der Waals surface area (Å²) < 4.78 is 4.88. The van der Waals surface area contributed by atoms with E-state index in [1.54, 1.807) is 12.1 Å². The Bertz CT molecular complexity index is 193. The van der Waals surface area contributed by atoms with E-state index >= 15 is 0 Å². The molecule has 1 rings (SSSR count). The first-order chi connectivity index (χ1) is 4.34. The van der Waals surface area contributed by atoms with E-state index in [0.717, 1.165) is 11.3 Å². The van der Waals surface area contributed by atoms with Gasteiger partial charge >= 0.3 is 0 Å². The van der Waals surface area contributed by atoms with Crippen LogP contribution in [0.1, 0.15) is 5.76 Å². The van der Waals surface area contributed by atoms with E-state index in [9.17, 15) is 0 Å². The second-order valence-electron chi connectivity index (χ2n) is 1.73. The molecule has 0 aliphatic heterocycles. The van der Waals surface area contributed by atoms with Crippen LogP contribution >= 0.6 is 0 Å². The molecule has 0 bridgehead atoms. The quantitative estimate of drug-likeness (QED) is 0.830. The van der Waals surface area contributed by atoms with Gasteiger partial charge in [-0.25, -0.2) is 0 Å². The molecule has 2 N–H and O–H groups in total. The third kappa shape index (κ3) is 2.12. The summed E-state index contributed by atoms with van der Waals surface area (Å²) in [6.07, 6.45) is 2.55. The molecule has 0 aromatic carbocycles. The molecule has 54 valence electrons. The van der Waals surface area contributed by atoms with Gasteiger partial charge in [-0.15, -0.1) is 12.6 Å². The normalized spacial score (nSPS) is 8.50. The summed E-state index contributed by atoms with van der Waals surface area (Å²) in [5, 5.41) is 0. The first kappa shape index (κ1) is 9.67. The summed E-state index contributed by atoms with van der Waals surface area (Å²) in [5.41, 5.74) is 6.09. The number of nitrogens with two attached hydrogens (primary N) is 1. The van der Waals surface area contributed by atoms with Crippen molar-refractivity contribution < 1.29 is 25.5 Å². The van der Waals surface area contributed by atoms with Gasteiger partial charge < -0.3 is 10.2 Å². The SMILES string of the molecule is C=C(CN)c1cc[c-]o1.[W]. The van der Waals surface area contributed by atoms with Crippen LogP contribution < -0.4 is 5.73 Å². The Morgan fingerprint density at radius 2 is 2.50 bits per heavy atom. The van der Waals surface area contributed by atoms with Crippen LogP contribution in [0.4, 0.5) is 0 Å². The van der Waals surface area contributed by atoms with E-state index in [1.807, 2.05) is 0 Å². The zero-order valence-corrected chi connectivity index (χ0v) is 8.40. The summed E-state index contributed by atoms with van der Waals surface area (Å²) in [7, 11) is 0. The Morgan fingerprint density at radius 3 is 2.90 bits per heavy atom. The van der Waals surface area contributed by atoms with Crippen LogP contribution in [0.15, 0.2) is 23.1 Å². The largest absolute Gasteiger partial charge is 0.591 e. The minimum atomic E-state index is 0. The molecule has 3 heteroatoms. The molecule has 0 radical (unpaired) electrons. The van der Waals surface area contributed by atoms with Gasteiger partial charge in [-0.3, -0.25) is 0 Å². The molecule has 10 heavy (non-hydrogen) atoms. The molecule has 0 saturated heterocycles. The number of hydrogen-bond donors (Lipinski definition) is 1. The van der Waals surface area contributed by atoms with Gasteiger partial charge in [0.05, 0.1) is 0 Å². The van der Waals surface area contributed by atoms with Crippen molar-refractivity contribution in [1.29, 1.82) is 0 Å². The van der Waals surface area contributed by atoms with Crippen molar-refractivity contribution in [3.8, 4) is 0 Å². The average Bonchev–Trinajstić information content (AvgIpc) is 2.37. The Kier molecular flexibility index (Phi) is 4.33. The standard InChI is InChI=1S/C7H8NO.W/c1-6(5-8)7-3-2-4-9-7;/h2-3H,1,5,8H2;/q-1;. The molecule has 0 spiro atoms. The van der Waals surface area contributed by atoms with Gasteiger partial charge in [-0.05, 0) is 12.0 Å². The van der Waals surface area contributed by atoms with Crippen LogP contribution in [-0.2, 0) is 21.1 Å². The van der Waals surface area contributed by atoms with E-state index in [4.69, 9.17) is 10.2 Å².